The second-order valence-corrected chi connectivity index (χ2v) is 7.57. The summed E-state index contributed by atoms with van der Waals surface area (Å²) in [7, 11) is -2.89. The van der Waals surface area contributed by atoms with Crippen molar-refractivity contribution in [2.24, 2.45) is 0 Å². The van der Waals surface area contributed by atoms with E-state index in [0.717, 1.165) is 23.5 Å². The predicted molar refractivity (Wildman–Crippen MR) is 80.5 cm³/mol. The molecule has 1 unspecified atom stereocenters. The van der Waals surface area contributed by atoms with Gasteiger partial charge in [-0.05, 0) is 18.6 Å². The van der Waals surface area contributed by atoms with E-state index < -0.39 is 9.84 Å². The van der Waals surface area contributed by atoms with Gasteiger partial charge in [0.25, 0.3) is 0 Å². The quantitative estimate of drug-likeness (QED) is 0.916. The summed E-state index contributed by atoms with van der Waals surface area (Å²) in [5.74, 6) is 1.33. The summed E-state index contributed by atoms with van der Waals surface area (Å²) in [6.07, 6.45) is 0.967. The van der Waals surface area contributed by atoms with E-state index in [-0.39, 0.29) is 17.5 Å². The van der Waals surface area contributed by atoms with Gasteiger partial charge in [-0.3, -0.25) is 0 Å². The molecule has 1 aromatic rings. The maximum atomic E-state index is 11.7. The maximum Gasteiger partial charge on any atom is 0.154 e. The molecule has 110 valence electrons. The van der Waals surface area contributed by atoms with E-state index >= 15 is 0 Å². The molecule has 1 N–H and O–H groups in total. The molecule has 6 heteroatoms. The van der Waals surface area contributed by atoms with Crippen LogP contribution in [0.3, 0.4) is 0 Å². The molecule has 1 aromatic carbocycles. The lowest BCUT2D eigenvalue weighted by molar-refractivity contribution is 0.318. The largest absolute Gasteiger partial charge is 0.491 e. The highest BCUT2D eigenvalue weighted by Crippen LogP contribution is 2.40. The Morgan fingerprint density at radius 2 is 2.30 bits per heavy atom. The van der Waals surface area contributed by atoms with Crippen LogP contribution in [0.5, 0.6) is 5.75 Å². The number of benzene rings is 1. The highest BCUT2D eigenvalue weighted by molar-refractivity contribution is 7.91. The van der Waals surface area contributed by atoms with E-state index in [1.165, 1.54) is 0 Å². The van der Waals surface area contributed by atoms with Gasteiger partial charge in [-0.15, -0.1) is 0 Å². The van der Waals surface area contributed by atoms with Crippen molar-refractivity contribution in [2.75, 3.05) is 41.4 Å². The summed E-state index contributed by atoms with van der Waals surface area (Å²) < 4.78 is 29.3. The molecule has 2 aliphatic rings. The molecule has 3 rings (SSSR count). The number of hydrogen-bond acceptors (Lipinski definition) is 5. The molecule has 0 radical (unpaired) electrons. The Morgan fingerprint density at radius 1 is 1.45 bits per heavy atom. The summed E-state index contributed by atoms with van der Waals surface area (Å²) in [6.45, 7) is 3.99. The molecule has 0 amide bonds. The lowest BCUT2D eigenvalue weighted by atomic mass is 10.1. The van der Waals surface area contributed by atoms with Crippen molar-refractivity contribution in [3.63, 3.8) is 0 Å². The normalized spacial score (nSPS) is 23.4. The minimum atomic E-state index is -2.89. The van der Waals surface area contributed by atoms with E-state index in [2.05, 4.69) is 17.1 Å². The molecule has 1 fully saturated rings. The lowest BCUT2D eigenvalue weighted by Gasteiger charge is -2.42. The molecule has 0 bridgehead atoms. The minimum Gasteiger partial charge on any atom is -0.491 e. The maximum absolute atomic E-state index is 11.7. The topological polar surface area (TPSA) is 58.6 Å². The van der Waals surface area contributed by atoms with Gasteiger partial charge in [0, 0.05) is 13.1 Å². The second-order valence-electron chi connectivity index (χ2n) is 5.34. The number of fused-ring (bicyclic) bond motifs is 3. The van der Waals surface area contributed by atoms with Gasteiger partial charge in [0.1, 0.15) is 11.4 Å². The van der Waals surface area contributed by atoms with Crippen LogP contribution < -0.4 is 15.0 Å². The Bertz CT molecular complexity index is 600. The van der Waals surface area contributed by atoms with Crippen LogP contribution in [-0.2, 0) is 9.84 Å². The summed E-state index contributed by atoms with van der Waals surface area (Å²) in [6, 6.07) is 5.99. The SMILES string of the molecule is CCCOc1cccc2c1NCC1CS(=O)(=O)CCN21. The van der Waals surface area contributed by atoms with Crippen LogP contribution >= 0.6 is 0 Å². The van der Waals surface area contributed by atoms with Crippen molar-refractivity contribution < 1.29 is 13.2 Å². The number of hydrogen-bond donors (Lipinski definition) is 1. The summed E-state index contributed by atoms with van der Waals surface area (Å²) in [5, 5.41) is 3.35. The van der Waals surface area contributed by atoms with Crippen LogP contribution in [0.15, 0.2) is 18.2 Å². The Kier molecular flexibility index (Phi) is 3.50. The number of nitrogens with one attached hydrogen (secondary N) is 1. The van der Waals surface area contributed by atoms with Gasteiger partial charge >= 0.3 is 0 Å². The number of ether oxygens (including phenoxy) is 1. The van der Waals surface area contributed by atoms with Crippen LogP contribution in [0.4, 0.5) is 11.4 Å². The Hall–Kier alpha value is -1.43. The van der Waals surface area contributed by atoms with Gasteiger partial charge in [-0.1, -0.05) is 13.0 Å². The Labute approximate surface area is 119 Å². The van der Waals surface area contributed by atoms with Gasteiger partial charge in [0.2, 0.25) is 0 Å². The zero-order valence-corrected chi connectivity index (χ0v) is 12.4. The van der Waals surface area contributed by atoms with Crippen LogP contribution in [0, 0.1) is 0 Å². The third kappa shape index (κ3) is 2.44. The molecule has 1 saturated heterocycles. The fourth-order valence-electron chi connectivity index (χ4n) is 2.86. The third-order valence-corrected chi connectivity index (χ3v) is 5.52. The molecule has 0 aliphatic carbocycles. The van der Waals surface area contributed by atoms with Crippen molar-refractivity contribution in [3.05, 3.63) is 18.2 Å². The number of anilines is 2. The van der Waals surface area contributed by atoms with E-state index in [1.54, 1.807) is 0 Å². The molecule has 20 heavy (non-hydrogen) atoms. The first-order chi connectivity index (χ1) is 9.61. The minimum absolute atomic E-state index is 0.0303. The monoisotopic (exact) mass is 296 g/mol. The van der Waals surface area contributed by atoms with E-state index in [1.807, 2.05) is 18.2 Å². The van der Waals surface area contributed by atoms with Crippen LogP contribution in [0.2, 0.25) is 0 Å². The second kappa shape index (κ2) is 5.16. The number of nitrogens with zero attached hydrogens (tertiary/aromatic N) is 1. The average Bonchev–Trinajstić information content (AvgIpc) is 2.43. The number of sulfone groups is 1. The first-order valence-corrected chi connectivity index (χ1v) is 8.89. The highest BCUT2D eigenvalue weighted by Gasteiger charge is 2.35. The summed E-state index contributed by atoms with van der Waals surface area (Å²) in [4.78, 5) is 2.20. The molecule has 5 nitrogen and oxygen atoms in total. The van der Waals surface area contributed by atoms with E-state index in [0.29, 0.717) is 19.7 Å². The zero-order chi connectivity index (χ0) is 14.2. The first-order valence-electron chi connectivity index (χ1n) is 7.07. The molecule has 0 spiro atoms. The third-order valence-electron chi connectivity index (χ3n) is 3.82. The van der Waals surface area contributed by atoms with Gasteiger partial charge in [-0.25, -0.2) is 8.42 Å². The van der Waals surface area contributed by atoms with Crippen LogP contribution in [0.25, 0.3) is 0 Å². The first kappa shape index (κ1) is 13.5. The van der Waals surface area contributed by atoms with Crippen molar-refractivity contribution in [3.8, 4) is 5.75 Å². The van der Waals surface area contributed by atoms with E-state index in [4.69, 9.17) is 4.74 Å². The lowest BCUT2D eigenvalue weighted by Crippen LogP contribution is -2.54. The highest BCUT2D eigenvalue weighted by atomic mass is 32.2. The molecule has 2 heterocycles. The molecular weight excluding hydrogens is 276 g/mol. The van der Waals surface area contributed by atoms with Gasteiger partial charge in [0.15, 0.2) is 9.84 Å². The standard InChI is InChI=1S/C14H20N2O3S/c1-2-7-19-13-5-3-4-12-14(13)15-9-11-10-20(17,18)8-6-16(11)12/h3-5,11,15H,2,6-10H2,1H3. The summed E-state index contributed by atoms with van der Waals surface area (Å²) >= 11 is 0. The number of rotatable bonds is 3. The van der Waals surface area contributed by atoms with Crippen LogP contribution in [0.1, 0.15) is 13.3 Å². The number of para-hydroxylation sites is 1. The smallest absolute Gasteiger partial charge is 0.154 e. The molecule has 2 aliphatic heterocycles. The Balaban J connectivity index is 1.90. The predicted octanol–water partition coefficient (Wildman–Crippen LogP) is 1.50. The van der Waals surface area contributed by atoms with E-state index in [9.17, 15) is 8.42 Å². The zero-order valence-electron chi connectivity index (χ0n) is 11.6. The van der Waals surface area contributed by atoms with Crippen molar-refractivity contribution in [1.29, 1.82) is 0 Å². The van der Waals surface area contributed by atoms with Gasteiger partial charge in [-0.2, -0.15) is 0 Å². The summed E-state index contributed by atoms with van der Waals surface area (Å²) in [5.41, 5.74) is 2.06. The van der Waals surface area contributed by atoms with Gasteiger partial charge in [0.05, 0.1) is 29.8 Å². The molecular formula is C14H20N2O3S. The average molecular weight is 296 g/mol. The molecule has 0 saturated carbocycles. The van der Waals surface area contributed by atoms with Crippen molar-refractivity contribution in [2.45, 2.75) is 19.4 Å². The molecule has 1 atom stereocenters. The van der Waals surface area contributed by atoms with Crippen LogP contribution in [-0.4, -0.2) is 45.7 Å². The molecule has 0 aromatic heterocycles. The van der Waals surface area contributed by atoms with Crippen molar-refractivity contribution in [1.82, 2.24) is 0 Å². The fraction of sp³-hybridized carbons (Fsp3) is 0.571. The van der Waals surface area contributed by atoms with Crippen molar-refractivity contribution >= 4 is 21.2 Å². The Morgan fingerprint density at radius 3 is 3.10 bits per heavy atom. The van der Waals surface area contributed by atoms with Gasteiger partial charge < -0.3 is 15.0 Å². The fourth-order valence-corrected chi connectivity index (χ4v) is 4.39.